The fraction of sp³-hybridized carbons (Fsp3) is 0.476. The van der Waals surface area contributed by atoms with Crippen molar-refractivity contribution in [1.82, 2.24) is 15.1 Å². The van der Waals surface area contributed by atoms with Gasteiger partial charge in [0.1, 0.15) is 0 Å². The first-order chi connectivity index (χ1) is 12.7. The second-order valence-electron chi connectivity index (χ2n) is 7.51. The first-order valence-corrected chi connectivity index (χ1v) is 9.55. The second-order valence-corrected chi connectivity index (χ2v) is 7.51. The predicted octanol–water partition coefficient (Wildman–Crippen LogP) is 3.27. The van der Waals surface area contributed by atoms with Crippen molar-refractivity contribution in [2.45, 2.75) is 63.1 Å². The maximum Gasteiger partial charge on any atom is 0.267 e. The molecule has 1 aromatic carbocycles. The Bertz CT molecular complexity index is 870. The number of nitrogens with one attached hydrogen (secondary N) is 1. The summed E-state index contributed by atoms with van der Waals surface area (Å²) < 4.78 is 1.74. The van der Waals surface area contributed by atoms with E-state index in [0.29, 0.717) is 17.5 Å². The number of hydrogen-bond donors (Lipinski definition) is 1. The molecule has 134 valence electrons. The Hall–Kier alpha value is -2.45. The SMILES string of the molecule is N#Cc1cccc(CNC2CCC(n3nc(C4CC4)ccc3=O)CC2)c1. The van der Waals surface area contributed by atoms with Crippen LogP contribution in [0.2, 0.25) is 0 Å². The number of benzene rings is 1. The fourth-order valence-electron chi connectivity index (χ4n) is 3.84. The van der Waals surface area contributed by atoms with Gasteiger partial charge in [-0.15, -0.1) is 0 Å². The molecule has 1 heterocycles. The van der Waals surface area contributed by atoms with Crippen LogP contribution in [0.25, 0.3) is 0 Å². The van der Waals surface area contributed by atoms with E-state index in [1.54, 1.807) is 10.7 Å². The molecule has 0 amide bonds. The summed E-state index contributed by atoms with van der Waals surface area (Å²) in [7, 11) is 0. The Balaban J connectivity index is 1.33. The molecular formula is C21H24N4O. The Morgan fingerprint density at radius 1 is 1.12 bits per heavy atom. The lowest BCUT2D eigenvalue weighted by Crippen LogP contribution is -2.36. The van der Waals surface area contributed by atoms with E-state index < -0.39 is 0 Å². The molecule has 0 atom stereocenters. The molecule has 2 aromatic rings. The third kappa shape index (κ3) is 3.86. The van der Waals surface area contributed by atoms with Gasteiger partial charge in [-0.05, 0) is 62.3 Å². The lowest BCUT2D eigenvalue weighted by molar-refractivity contribution is 0.267. The van der Waals surface area contributed by atoms with Gasteiger partial charge in [0.15, 0.2) is 0 Å². The average Bonchev–Trinajstić information content (AvgIpc) is 3.53. The van der Waals surface area contributed by atoms with Crippen LogP contribution < -0.4 is 10.9 Å². The molecule has 4 rings (SSSR count). The van der Waals surface area contributed by atoms with Crippen molar-refractivity contribution in [1.29, 1.82) is 5.26 Å². The Morgan fingerprint density at radius 2 is 1.92 bits per heavy atom. The van der Waals surface area contributed by atoms with E-state index in [9.17, 15) is 4.79 Å². The quantitative estimate of drug-likeness (QED) is 0.900. The van der Waals surface area contributed by atoms with Gasteiger partial charge < -0.3 is 5.32 Å². The summed E-state index contributed by atoms with van der Waals surface area (Å²) in [4.78, 5) is 12.2. The molecule has 26 heavy (non-hydrogen) atoms. The van der Waals surface area contributed by atoms with Crippen LogP contribution in [-0.4, -0.2) is 15.8 Å². The number of nitrogens with zero attached hydrogens (tertiary/aromatic N) is 3. The molecule has 0 bridgehead atoms. The van der Waals surface area contributed by atoms with Gasteiger partial charge in [0.25, 0.3) is 5.56 Å². The zero-order valence-corrected chi connectivity index (χ0v) is 14.9. The van der Waals surface area contributed by atoms with Crippen molar-refractivity contribution in [3.05, 3.63) is 63.6 Å². The monoisotopic (exact) mass is 348 g/mol. The van der Waals surface area contributed by atoms with Crippen molar-refractivity contribution in [2.24, 2.45) is 0 Å². The molecule has 5 heteroatoms. The van der Waals surface area contributed by atoms with Gasteiger partial charge >= 0.3 is 0 Å². The molecule has 2 aliphatic rings. The predicted molar refractivity (Wildman–Crippen MR) is 99.8 cm³/mol. The summed E-state index contributed by atoms with van der Waals surface area (Å²) in [6.45, 7) is 0.778. The molecule has 0 radical (unpaired) electrons. The van der Waals surface area contributed by atoms with Crippen molar-refractivity contribution >= 4 is 0 Å². The zero-order valence-electron chi connectivity index (χ0n) is 14.9. The maximum absolute atomic E-state index is 12.2. The normalized spacial score (nSPS) is 22.7. The highest BCUT2D eigenvalue weighted by molar-refractivity contribution is 5.32. The molecule has 5 nitrogen and oxygen atoms in total. The number of nitriles is 1. The van der Waals surface area contributed by atoms with Gasteiger partial charge in [-0.1, -0.05) is 12.1 Å². The van der Waals surface area contributed by atoms with Gasteiger partial charge in [0, 0.05) is 24.6 Å². The maximum atomic E-state index is 12.2. The second kappa shape index (κ2) is 7.43. The van der Waals surface area contributed by atoms with E-state index >= 15 is 0 Å². The average molecular weight is 348 g/mol. The van der Waals surface area contributed by atoms with Gasteiger partial charge in [-0.2, -0.15) is 10.4 Å². The van der Waals surface area contributed by atoms with E-state index in [1.165, 1.54) is 12.8 Å². The topological polar surface area (TPSA) is 70.7 Å². The van der Waals surface area contributed by atoms with Crippen molar-refractivity contribution in [2.75, 3.05) is 0 Å². The van der Waals surface area contributed by atoms with Crippen molar-refractivity contribution in [3.63, 3.8) is 0 Å². The fourth-order valence-corrected chi connectivity index (χ4v) is 3.84. The molecule has 0 aliphatic heterocycles. The number of aromatic nitrogens is 2. The molecular weight excluding hydrogens is 324 g/mol. The van der Waals surface area contributed by atoms with Crippen LogP contribution >= 0.6 is 0 Å². The van der Waals surface area contributed by atoms with Crippen LogP contribution in [0.3, 0.4) is 0 Å². The highest BCUT2D eigenvalue weighted by Gasteiger charge is 2.28. The largest absolute Gasteiger partial charge is 0.310 e. The van der Waals surface area contributed by atoms with Crippen LogP contribution in [0.15, 0.2) is 41.2 Å². The first-order valence-electron chi connectivity index (χ1n) is 9.55. The van der Waals surface area contributed by atoms with Crippen molar-refractivity contribution < 1.29 is 0 Å². The van der Waals surface area contributed by atoms with Crippen LogP contribution in [0.5, 0.6) is 0 Å². The third-order valence-corrected chi connectivity index (χ3v) is 5.53. The molecule has 2 fully saturated rings. The minimum Gasteiger partial charge on any atom is -0.310 e. The third-order valence-electron chi connectivity index (χ3n) is 5.53. The van der Waals surface area contributed by atoms with E-state index in [0.717, 1.165) is 43.5 Å². The minimum absolute atomic E-state index is 0.0270. The standard InChI is InChI=1S/C21H24N4O/c22-13-15-2-1-3-16(12-15)14-23-18-6-8-19(9-7-18)25-21(26)11-10-20(24-25)17-4-5-17/h1-3,10-12,17-19,23H,4-9,14H2. The summed E-state index contributed by atoms with van der Waals surface area (Å²) in [5, 5.41) is 17.2. The van der Waals surface area contributed by atoms with Gasteiger partial charge in [0.2, 0.25) is 0 Å². The van der Waals surface area contributed by atoms with Gasteiger partial charge in [-0.3, -0.25) is 4.79 Å². The molecule has 2 aliphatic carbocycles. The Morgan fingerprint density at radius 3 is 2.65 bits per heavy atom. The van der Waals surface area contributed by atoms with Crippen LogP contribution in [0.1, 0.15) is 67.3 Å². The zero-order chi connectivity index (χ0) is 17.9. The Labute approximate surface area is 153 Å². The number of hydrogen-bond acceptors (Lipinski definition) is 4. The van der Waals surface area contributed by atoms with E-state index in [4.69, 9.17) is 5.26 Å². The van der Waals surface area contributed by atoms with Crippen LogP contribution in [0, 0.1) is 11.3 Å². The Kier molecular flexibility index (Phi) is 4.85. The summed E-state index contributed by atoms with van der Waals surface area (Å²) >= 11 is 0. The van der Waals surface area contributed by atoms with E-state index in [2.05, 4.69) is 16.5 Å². The molecule has 0 saturated heterocycles. The lowest BCUT2D eigenvalue weighted by atomic mass is 9.91. The summed E-state index contributed by atoms with van der Waals surface area (Å²) in [6, 6.07) is 14.2. The summed E-state index contributed by atoms with van der Waals surface area (Å²) in [5.74, 6) is 0.573. The van der Waals surface area contributed by atoms with Gasteiger partial charge in [0.05, 0.1) is 23.4 Å². The first kappa shape index (κ1) is 17.0. The van der Waals surface area contributed by atoms with Gasteiger partial charge in [-0.25, -0.2) is 4.68 Å². The molecule has 0 spiro atoms. The summed E-state index contributed by atoms with van der Waals surface area (Å²) in [5.41, 5.74) is 2.96. The molecule has 1 N–H and O–H groups in total. The van der Waals surface area contributed by atoms with Crippen LogP contribution in [-0.2, 0) is 6.54 Å². The van der Waals surface area contributed by atoms with Crippen molar-refractivity contribution in [3.8, 4) is 6.07 Å². The smallest absolute Gasteiger partial charge is 0.267 e. The highest BCUT2D eigenvalue weighted by Crippen LogP contribution is 2.38. The highest BCUT2D eigenvalue weighted by atomic mass is 16.1. The van der Waals surface area contributed by atoms with Crippen LogP contribution in [0.4, 0.5) is 0 Å². The molecule has 0 unspecified atom stereocenters. The summed E-state index contributed by atoms with van der Waals surface area (Å²) in [6.07, 6.45) is 6.46. The van der Waals surface area contributed by atoms with E-state index in [1.807, 2.05) is 30.3 Å². The lowest BCUT2D eigenvalue weighted by Gasteiger charge is -2.30. The minimum atomic E-state index is 0.0270. The molecule has 1 aromatic heterocycles. The molecule has 2 saturated carbocycles. The number of rotatable bonds is 5. The van der Waals surface area contributed by atoms with E-state index in [-0.39, 0.29) is 11.6 Å².